The maximum Gasteiger partial charge on any atom is 0.227 e. The van der Waals surface area contributed by atoms with Crippen molar-refractivity contribution in [3.8, 4) is 0 Å². The largest absolute Gasteiger partial charge is 0.338 e. The van der Waals surface area contributed by atoms with Crippen LogP contribution in [0.2, 0.25) is 0 Å². The number of amides is 1. The SMILES string of the molecule is CN(CC(=O)c1ccccc1)C(=O)Cc1ccccc1. The fourth-order valence-electron chi connectivity index (χ4n) is 1.92. The molecule has 0 aliphatic rings. The van der Waals surface area contributed by atoms with E-state index in [1.807, 2.05) is 48.5 Å². The van der Waals surface area contributed by atoms with E-state index in [1.165, 1.54) is 4.90 Å². The lowest BCUT2D eigenvalue weighted by molar-refractivity contribution is -0.128. The highest BCUT2D eigenvalue weighted by molar-refractivity contribution is 5.99. The molecule has 0 aliphatic heterocycles. The van der Waals surface area contributed by atoms with Crippen LogP contribution in [-0.2, 0) is 11.2 Å². The van der Waals surface area contributed by atoms with Crippen LogP contribution in [0.3, 0.4) is 0 Å². The van der Waals surface area contributed by atoms with Crippen LogP contribution in [0.25, 0.3) is 0 Å². The molecule has 0 saturated heterocycles. The molecule has 1 amide bonds. The molecule has 2 rings (SSSR count). The van der Waals surface area contributed by atoms with E-state index in [-0.39, 0.29) is 18.2 Å². The van der Waals surface area contributed by atoms with Crippen LogP contribution in [0.4, 0.5) is 0 Å². The molecule has 0 aliphatic carbocycles. The van der Waals surface area contributed by atoms with E-state index in [0.29, 0.717) is 12.0 Å². The first-order valence-electron chi connectivity index (χ1n) is 6.53. The molecule has 0 heterocycles. The Kier molecular flexibility index (Phi) is 4.66. The highest BCUT2D eigenvalue weighted by Gasteiger charge is 2.14. The molecular formula is C17H17NO2. The Balaban J connectivity index is 1.93. The van der Waals surface area contributed by atoms with Gasteiger partial charge in [0.25, 0.3) is 0 Å². The minimum atomic E-state index is -0.0551. The average molecular weight is 267 g/mol. The van der Waals surface area contributed by atoms with Crippen LogP contribution in [0, 0.1) is 0 Å². The fourth-order valence-corrected chi connectivity index (χ4v) is 1.92. The summed E-state index contributed by atoms with van der Waals surface area (Å²) in [6.45, 7) is 0.107. The molecule has 0 bridgehead atoms. The zero-order chi connectivity index (χ0) is 14.4. The van der Waals surface area contributed by atoms with Gasteiger partial charge in [-0.15, -0.1) is 0 Å². The van der Waals surface area contributed by atoms with Gasteiger partial charge in [0, 0.05) is 12.6 Å². The van der Waals surface area contributed by atoms with Gasteiger partial charge in [-0.1, -0.05) is 60.7 Å². The zero-order valence-corrected chi connectivity index (χ0v) is 11.5. The van der Waals surface area contributed by atoms with Gasteiger partial charge in [-0.25, -0.2) is 0 Å². The van der Waals surface area contributed by atoms with Gasteiger partial charge in [0.05, 0.1) is 13.0 Å². The lowest BCUT2D eigenvalue weighted by Gasteiger charge is -2.16. The summed E-state index contributed by atoms with van der Waals surface area (Å²) < 4.78 is 0. The van der Waals surface area contributed by atoms with Gasteiger partial charge in [0.15, 0.2) is 5.78 Å². The van der Waals surface area contributed by atoms with E-state index in [0.717, 1.165) is 5.56 Å². The molecule has 0 radical (unpaired) electrons. The monoisotopic (exact) mass is 267 g/mol. The van der Waals surface area contributed by atoms with E-state index >= 15 is 0 Å². The smallest absolute Gasteiger partial charge is 0.227 e. The van der Waals surface area contributed by atoms with Gasteiger partial charge in [-0.05, 0) is 5.56 Å². The first-order chi connectivity index (χ1) is 9.66. The normalized spacial score (nSPS) is 10.1. The Labute approximate surface area is 118 Å². The maximum atomic E-state index is 12.1. The third-order valence-corrected chi connectivity index (χ3v) is 3.10. The van der Waals surface area contributed by atoms with Crippen LogP contribution >= 0.6 is 0 Å². The topological polar surface area (TPSA) is 37.4 Å². The minimum absolute atomic E-state index is 0.0467. The van der Waals surface area contributed by atoms with Crippen molar-refractivity contribution in [1.82, 2.24) is 4.90 Å². The van der Waals surface area contributed by atoms with Gasteiger partial charge in [-0.3, -0.25) is 9.59 Å². The molecule has 3 heteroatoms. The second kappa shape index (κ2) is 6.66. The predicted octanol–water partition coefficient (Wildman–Crippen LogP) is 2.57. The number of rotatable bonds is 5. The summed E-state index contributed by atoms with van der Waals surface area (Å²) in [5.41, 5.74) is 1.59. The minimum Gasteiger partial charge on any atom is -0.338 e. The van der Waals surface area contributed by atoms with E-state index in [1.54, 1.807) is 19.2 Å². The predicted molar refractivity (Wildman–Crippen MR) is 78.6 cm³/mol. The molecule has 102 valence electrons. The lowest BCUT2D eigenvalue weighted by atomic mass is 10.1. The third-order valence-electron chi connectivity index (χ3n) is 3.10. The second-order valence-corrected chi connectivity index (χ2v) is 4.70. The van der Waals surface area contributed by atoms with Crippen LogP contribution in [0.15, 0.2) is 60.7 Å². The Bertz CT molecular complexity index is 578. The van der Waals surface area contributed by atoms with E-state index in [4.69, 9.17) is 0 Å². The van der Waals surface area contributed by atoms with Gasteiger partial charge < -0.3 is 4.90 Å². The standard InChI is InChI=1S/C17H17NO2/c1-18(13-16(19)15-10-6-3-7-11-15)17(20)12-14-8-4-2-5-9-14/h2-11H,12-13H2,1H3. The molecule has 0 spiro atoms. The summed E-state index contributed by atoms with van der Waals surface area (Å²) in [6.07, 6.45) is 0.319. The highest BCUT2D eigenvalue weighted by Crippen LogP contribution is 2.04. The van der Waals surface area contributed by atoms with Gasteiger partial charge in [0.2, 0.25) is 5.91 Å². The molecule has 0 saturated carbocycles. The summed E-state index contributed by atoms with van der Waals surface area (Å²) in [5.74, 6) is -0.102. The first kappa shape index (κ1) is 14.0. The molecule has 0 N–H and O–H groups in total. The molecule has 2 aromatic rings. The van der Waals surface area contributed by atoms with E-state index in [2.05, 4.69) is 0 Å². The molecule has 0 aromatic heterocycles. The van der Waals surface area contributed by atoms with Crippen LogP contribution in [-0.4, -0.2) is 30.2 Å². The Hall–Kier alpha value is -2.42. The van der Waals surface area contributed by atoms with Crippen molar-refractivity contribution >= 4 is 11.7 Å². The first-order valence-corrected chi connectivity index (χ1v) is 6.53. The van der Waals surface area contributed by atoms with Crippen molar-refractivity contribution in [2.75, 3.05) is 13.6 Å². The van der Waals surface area contributed by atoms with Crippen LogP contribution in [0.1, 0.15) is 15.9 Å². The van der Waals surface area contributed by atoms with Crippen molar-refractivity contribution in [1.29, 1.82) is 0 Å². The van der Waals surface area contributed by atoms with Gasteiger partial charge in [-0.2, -0.15) is 0 Å². The van der Waals surface area contributed by atoms with Crippen molar-refractivity contribution in [2.24, 2.45) is 0 Å². The number of hydrogen-bond donors (Lipinski definition) is 0. The highest BCUT2D eigenvalue weighted by atomic mass is 16.2. The lowest BCUT2D eigenvalue weighted by Crippen LogP contribution is -2.33. The molecule has 20 heavy (non-hydrogen) atoms. The molecule has 3 nitrogen and oxygen atoms in total. The summed E-state index contributed by atoms with van der Waals surface area (Å²) in [5, 5.41) is 0. The van der Waals surface area contributed by atoms with Gasteiger partial charge in [0.1, 0.15) is 0 Å². The third kappa shape index (κ3) is 3.79. The Morgan fingerprint density at radius 3 is 2.05 bits per heavy atom. The van der Waals surface area contributed by atoms with E-state index < -0.39 is 0 Å². The summed E-state index contributed by atoms with van der Waals surface area (Å²) in [6, 6.07) is 18.6. The number of benzene rings is 2. The maximum absolute atomic E-state index is 12.1. The molecule has 0 unspecified atom stereocenters. The van der Waals surface area contributed by atoms with Crippen molar-refractivity contribution < 1.29 is 9.59 Å². The van der Waals surface area contributed by atoms with Crippen LogP contribution in [0.5, 0.6) is 0 Å². The molecule has 0 fully saturated rings. The number of Topliss-reactive ketones (excluding diaryl/α,β-unsaturated/α-hetero) is 1. The van der Waals surface area contributed by atoms with Gasteiger partial charge >= 0.3 is 0 Å². The van der Waals surface area contributed by atoms with Crippen molar-refractivity contribution in [2.45, 2.75) is 6.42 Å². The number of carbonyl (C=O) groups is 2. The van der Waals surface area contributed by atoms with Crippen molar-refractivity contribution in [3.05, 3.63) is 71.8 Å². The average Bonchev–Trinajstić information content (AvgIpc) is 2.49. The second-order valence-electron chi connectivity index (χ2n) is 4.70. The number of ketones is 1. The fraction of sp³-hybridized carbons (Fsp3) is 0.176. The Morgan fingerprint density at radius 2 is 1.45 bits per heavy atom. The summed E-state index contributed by atoms with van der Waals surface area (Å²) in [7, 11) is 1.66. The number of carbonyl (C=O) groups excluding carboxylic acids is 2. The summed E-state index contributed by atoms with van der Waals surface area (Å²) >= 11 is 0. The zero-order valence-electron chi connectivity index (χ0n) is 11.5. The molecule has 0 atom stereocenters. The number of nitrogens with zero attached hydrogens (tertiary/aromatic N) is 1. The molecule has 2 aromatic carbocycles. The quantitative estimate of drug-likeness (QED) is 0.781. The van der Waals surface area contributed by atoms with E-state index in [9.17, 15) is 9.59 Å². The number of hydrogen-bond acceptors (Lipinski definition) is 2. The number of likely N-dealkylation sites (N-methyl/N-ethyl adjacent to an activating group) is 1. The summed E-state index contributed by atoms with van der Waals surface area (Å²) in [4.78, 5) is 25.5. The van der Waals surface area contributed by atoms with Crippen LogP contribution < -0.4 is 0 Å². The Morgan fingerprint density at radius 1 is 0.900 bits per heavy atom. The molecular weight excluding hydrogens is 250 g/mol. The van der Waals surface area contributed by atoms with Crippen molar-refractivity contribution in [3.63, 3.8) is 0 Å².